The van der Waals surface area contributed by atoms with Crippen molar-refractivity contribution in [3.63, 3.8) is 0 Å². The molecule has 11 heteroatoms. The fourth-order valence-electron chi connectivity index (χ4n) is 5.07. The van der Waals surface area contributed by atoms with Gasteiger partial charge in [0.1, 0.15) is 17.3 Å². The number of ether oxygens (including phenoxy) is 2. The van der Waals surface area contributed by atoms with Crippen molar-refractivity contribution in [3.8, 4) is 0 Å². The molecule has 2 aliphatic carbocycles. The molecule has 11 nitrogen and oxygen atoms in total. The van der Waals surface area contributed by atoms with Crippen molar-refractivity contribution in [2.45, 2.75) is 69.7 Å². The molecule has 2 saturated carbocycles. The molecular formula is C26H37N7O4. The molecule has 0 saturated heterocycles. The van der Waals surface area contributed by atoms with Crippen LogP contribution in [0.15, 0.2) is 56.5 Å². The van der Waals surface area contributed by atoms with E-state index in [0.717, 1.165) is 38.5 Å². The first-order valence-electron chi connectivity index (χ1n) is 12.7. The molecule has 4 atom stereocenters. The summed E-state index contributed by atoms with van der Waals surface area (Å²) in [5.41, 5.74) is 0.693. The lowest BCUT2D eigenvalue weighted by Crippen LogP contribution is -2.52. The molecule has 0 spiro atoms. The number of amides is 1. The summed E-state index contributed by atoms with van der Waals surface area (Å²) in [4.78, 5) is 30.8. The van der Waals surface area contributed by atoms with Crippen molar-refractivity contribution >= 4 is 24.1 Å². The number of hydrogen-bond donors (Lipinski definition) is 3. The van der Waals surface area contributed by atoms with Crippen LogP contribution < -0.4 is 21.5 Å². The maximum absolute atomic E-state index is 13.4. The molecule has 1 amide bonds. The first-order valence-corrected chi connectivity index (χ1v) is 12.7. The Morgan fingerprint density at radius 3 is 2.68 bits per heavy atom. The van der Waals surface area contributed by atoms with Crippen molar-refractivity contribution in [1.82, 2.24) is 20.2 Å². The Labute approximate surface area is 217 Å². The molecule has 1 aliphatic heterocycles. The zero-order chi connectivity index (χ0) is 26.5. The minimum absolute atomic E-state index is 0.0168. The SMILES string of the molecule is C=NN1C(=NC)C=C(Nc2cccn([C@@H]3CCC[C@H](OC)C3)c2=O)N/C1=C(/C)C(=O)N[C@H]1CC[C@@H]1OC. The highest BCUT2D eigenvalue weighted by Gasteiger charge is 2.34. The van der Waals surface area contributed by atoms with E-state index < -0.39 is 0 Å². The molecule has 4 rings (SSSR count). The average Bonchev–Trinajstić information content (AvgIpc) is 2.91. The molecule has 200 valence electrons. The minimum atomic E-state index is -0.244. The molecule has 3 aliphatic rings. The van der Waals surface area contributed by atoms with E-state index in [0.29, 0.717) is 28.7 Å². The van der Waals surface area contributed by atoms with Crippen LogP contribution in [-0.4, -0.2) is 67.6 Å². The van der Waals surface area contributed by atoms with Gasteiger partial charge in [-0.05, 0) is 57.6 Å². The molecule has 0 bridgehead atoms. The van der Waals surface area contributed by atoms with E-state index >= 15 is 0 Å². The van der Waals surface area contributed by atoms with Crippen molar-refractivity contribution in [2.24, 2.45) is 10.1 Å². The van der Waals surface area contributed by atoms with Crippen LogP contribution in [0, 0.1) is 0 Å². The summed E-state index contributed by atoms with van der Waals surface area (Å²) in [6, 6.07) is 3.65. The van der Waals surface area contributed by atoms with E-state index in [1.54, 1.807) is 44.9 Å². The highest BCUT2D eigenvalue weighted by molar-refractivity contribution is 5.99. The number of amidine groups is 1. The average molecular weight is 512 g/mol. The third-order valence-electron chi connectivity index (χ3n) is 7.42. The van der Waals surface area contributed by atoms with Gasteiger partial charge in [0.2, 0.25) is 0 Å². The first-order chi connectivity index (χ1) is 17.9. The van der Waals surface area contributed by atoms with E-state index in [4.69, 9.17) is 9.47 Å². The van der Waals surface area contributed by atoms with Crippen LogP contribution in [0.25, 0.3) is 0 Å². The number of carbonyl (C=O) groups excluding carboxylic acids is 1. The molecule has 0 unspecified atom stereocenters. The molecule has 3 N–H and O–H groups in total. The van der Waals surface area contributed by atoms with Crippen LogP contribution in [0.2, 0.25) is 0 Å². The smallest absolute Gasteiger partial charge is 0.274 e. The van der Waals surface area contributed by atoms with E-state index in [-0.39, 0.29) is 35.8 Å². The van der Waals surface area contributed by atoms with Crippen molar-refractivity contribution in [2.75, 3.05) is 26.6 Å². The van der Waals surface area contributed by atoms with Crippen LogP contribution in [0.4, 0.5) is 5.69 Å². The number of pyridine rings is 1. The topological polar surface area (TPSA) is 122 Å². The number of rotatable bonds is 8. The number of hydrazone groups is 1. The summed E-state index contributed by atoms with van der Waals surface area (Å²) < 4.78 is 12.7. The number of aromatic nitrogens is 1. The van der Waals surface area contributed by atoms with Crippen LogP contribution in [0.5, 0.6) is 0 Å². The summed E-state index contributed by atoms with van der Waals surface area (Å²) in [7, 11) is 5.00. The van der Waals surface area contributed by atoms with Gasteiger partial charge in [0.25, 0.3) is 11.5 Å². The largest absolute Gasteiger partial charge is 0.381 e. The van der Waals surface area contributed by atoms with Gasteiger partial charge >= 0.3 is 0 Å². The van der Waals surface area contributed by atoms with Crippen LogP contribution in [0.3, 0.4) is 0 Å². The maximum atomic E-state index is 13.4. The normalized spacial score (nSPS) is 28.1. The molecular weight excluding hydrogens is 474 g/mol. The van der Waals surface area contributed by atoms with E-state index in [2.05, 4.69) is 32.8 Å². The van der Waals surface area contributed by atoms with Crippen molar-refractivity contribution < 1.29 is 14.3 Å². The fraction of sp³-hybridized carbons (Fsp3) is 0.538. The Balaban J connectivity index is 1.58. The third-order valence-corrected chi connectivity index (χ3v) is 7.42. The summed E-state index contributed by atoms with van der Waals surface area (Å²) >= 11 is 0. The Morgan fingerprint density at radius 1 is 1.22 bits per heavy atom. The number of carbonyl (C=O) groups is 1. The van der Waals surface area contributed by atoms with Gasteiger partial charge in [-0.15, -0.1) is 0 Å². The Bertz CT molecular complexity index is 1170. The minimum Gasteiger partial charge on any atom is -0.381 e. The van der Waals surface area contributed by atoms with E-state index in [9.17, 15) is 9.59 Å². The van der Waals surface area contributed by atoms with Crippen molar-refractivity contribution in [3.05, 3.63) is 52.0 Å². The lowest BCUT2D eigenvalue weighted by Gasteiger charge is -2.36. The van der Waals surface area contributed by atoms with Crippen LogP contribution in [-0.2, 0) is 14.3 Å². The lowest BCUT2D eigenvalue weighted by atomic mass is 9.89. The Kier molecular flexibility index (Phi) is 8.45. The molecule has 2 fully saturated rings. The van der Waals surface area contributed by atoms with E-state index in [1.807, 2.05) is 12.3 Å². The quantitative estimate of drug-likeness (QED) is 0.362. The number of hydrogen-bond acceptors (Lipinski definition) is 8. The number of nitrogens with zero attached hydrogens (tertiary/aromatic N) is 4. The van der Waals surface area contributed by atoms with Crippen LogP contribution in [0.1, 0.15) is 51.5 Å². The Hall–Kier alpha value is -3.44. The number of aliphatic imine (C=N–C) groups is 1. The lowest BCUT2D eigenvalue weighted by molar-refractivity contribution is -0.120. The predicted molar refractivity (Wildman–Crippen MR) is 143 cm³/mol. The van der Waals surface area contributed by atoms with Gasteiger partial charge in [-0.2, -0.15) is 10.1 Å². The zero-order valence-electron chi connectivity index (χ0n) is 22.0. The fourth-order valence-corrected chi connectivity index (χ4v) is 5.07. The summed E-state index contributed by atoms with van der Waals surface area (Å²) in [6.07, 6.45) is 9.27. The van der Waals surface area contributed by atoms with Gasteiger partial charge in [-0.25, -0.2) is 0 Å². The highest BCUT2D eigenvalue weighted by Crippen LogP contribution is 2.29. The second-order valence-electron chi connectivity index (χ2n) is 9.56. The van der Waals surface area contributed by atoms with E-state index in [1.165, 1.54) is 5.01 Å². The number of nitrogens with one attached hydrogen (secondary N) is 3. The van der Waals surface area contributed by atoms with Crippen LogP contribution >= 0.6 is 0 Å². The van der Waals surface area contributed by atoms with Crippen molar-refractivity contribution in [1.29, 1.82) is 0 Å². The third kappa shape index (κ3) is 5.62. The summed E-state index contributed by atoms with van der Waals surface area (Å²) in [6.45, 7) is 5.35. The first kappa shape index (κ1) is 26.6. The zero-order valence-corrected chi connectivity index (χ0v) is 22.0. The number of methoxy groups -OCH3 is 2. The van der Waals surface area contributed by atoms with Gasteiger partial charge in [0.05, 0.1) is 23.8 Å². The second kappa shape index (κ2) is 11.7. The molecule has 2 heterocycles. The highest BCUT2D eigenvalue weighted by atomic mass is 16.5. The number of anilines is 1. The predicted octanol–water partition coefficient (Wildman–Crippen LogP) is 2.31. The van der Waals surface area contributed by atoms with Gasteiger partial charge in [0.15, 0.2) is 5.84 Å². The molecule has 37 heavy (non-hydrogen) atoms. The monoisotopic (exact) mass is 511 g/mol. The Morgan fingerprint density at radius 2 is 2.03 bits per heavy atom. The molecule has 0 aromatic carbocycles. The molecule has 0 radical (unpaired) electrons. The second-order valence-corrected chi connectivity index (χ2v) is 9.56. The standard InChI is InChI=1S/C26H37N7O4/c1-16(25(34)30-19-11-12-21(19)37-5)24-31-22(15-23(27-2)33(24)28-3)29-20-10-7-13-32(26(20)35)17-8-6-9-18(14-17)36-4/h7,10,13,15,17-19,21,29,31H,3,6,8-9,11-12,14H2,1-2,4-5H3,(H,30,34)/b24-16+,27-23?/t17-,18+,19+,21+/m1/s1. The molecule has 1 aromatic heterocycles. The maximum Gasteiger partial charge on any atom is 0.274 e. The van der Waals surface area contributed by atoms with Gasteiger partial charge in [-0.3, -0.25) is 14.6 Å². The van der Waals surface area contributed by atoms with Gasteiger partial charge in [0, 0.05) is 46.3 Å². The van der Waals surface area contributed by atoms with Gasteiger partial charge < -0.3 is 30.0 Å². The summed E-state index contributed by atoms with van der Waals surface area (Å²) in [5, 5.41) is 14.9. The summed E-state index contributed by atoms with van der Waals surface area (Å²) in [5.74, 6) is 1.11. The van der Waals surface area contributed by atoms with Gasteiger partial charge in [-0.1, -0.05) is 0 Å². The molecule has 1 aromatic rings.